The number of nitrogens with zero attached hydrogens (tertiary/aromatic N) is 1. The van der Waals surface area contributed by atoms with Crippen molar-refractivity contribution < 1.29 is 9.53 Å². The molecule has 1 heterocycles. The van der Waals surface area contributed by atoms with Crippen molar-refractivity contribution in [1.29, 1.82) is 0 Å². The Hall–Kier alpha value is -1.55. The van der Waals surface area contributed by atoms with Gasteiger partial charge in [0, 0.05) is 13.1 Å². The summed E-state index contributed by atoms with van der Waals surface area (Å²) in [5.41, 5.74) is 7.44. The van der Waals surface area contributed by atoms with Crippen molar-refractivity contribution in [3.8, 4) is 5.75 Å². The average molecular weight is 262 g/mol. The molecule has 0 aliphatic carbocycles. The van der Waals surface area contributed by atoms with E-state index >= 15 is 0 Å². The summed E-state index contributed by atoms with van der Waals surface area (Å²) in [7, 11) is 1.60. The number of carbonyl (C=O) groups is 1. The van der Waals surface area contributed by atoms with Gasteiger partial charge in [0.15, 0.2) is 0 Å². The Labute approximate surface area is 114 Å². The highest BCUT2D eigenvalue weighted by Gasteiger charge is 2.25. The molecule has 0 aromatic heterocycles. The van der Waals surface area contributed by atoms with Crippen LogP contribution in [0.25, 0.3) is 0 Å². The molecule has 1 aromatic carbocycles. The van der Waals surface area contributed by atoms with E-state index in [0.29, 0.717) is 23.8 Å². The third kappa shape index (κ3) is 3.07. The number of hydrogen-bond donors (Lipinski definition) is 1. The second-order valence-corrected chi connectivity index (χ2v) is 5.20. The van der Waals surface area contributed by atoms with Crippen molar-refractivity contribution in [2.45, 2.75) is 19.8 Å². The molecule has 2 rings (SSSR count). The number of ether oxygens (including phenoxy) is 1. The zero-order valence-electron chi connectivity index (χ0n) is 11.7. The van der Waals surface area contributed by atoms with E-state index in [0.717, 1.165) is 31.5 Å². The van der Waals surface area contributed by atoms with Crippen LogP contribution in [0.3, 0.4) is 0 Å². The summed E-state index contributed by atoms with van der Waals surface area (Å²) < 4.78 is 5.29. The van der Waals surface area contributed by atoms with Crippen molar-refractivity contribution in [3.63, 3.8) is 0 Å². The number of carbonyl (C=O) groups excluding carboxylic acids is 1. The number of aryl methyl sites for hydroxylation is 1. The lowest BCUT2D eigenvalue weighted by Gasteiger charge is -2.32. The fourth-order valence-electron chi connectivity index (χ4n) is 2.60. The Balaban J connectivity index is 2.21. The van der Waals surface area contributed by atoms with Gasteiger partial charge < -0.3 is 15.4 Å². The van der Waals surface area contributed by atoms with Gasteiger partial charge in [0.1, 0.15) is 5.75 Å². The molecule has 1 saturated heterocycles. The van der Waals surface area contributed by atoms with Gasteiger partial charge >= 0.3 is 0 Å². The molecule has 0 spiro atoms. The van der Waals surface area contributed by atoms with Crippen LogP contribution in [0, 0.1) is 12.8 Å². The monoisotopic (exact) mass is 262 g/mol. The van der Waals surface area contributed by atoms with Gasteiger partial charge in [0.25, 0.3) is 5.91 Å². The molecule has 1 aromatic rings. The highest BCUT2D eigenvalue weighted by Crippen LogP contribution is 2.24. The third-order valence-electron chi connectivity index (χ3n) is 3.72. The van der Waals surface area contributed by atoms with Gasteiger partial charge in [-0.3, -0.25) is 4.79 Å². The first-order valence-electron chi connectivity index (χ1n) is 6.79. The van der Waals surface area contributed by atoms with E-state index in [-0.39, 0.29) is 5.91 Å². The number of amides is 1. The zero-order valence-corrected chi connectivity index (χ0v) is 11.7. The zero-order chi connectivity index (χ0) is 13.8. The number of rotatable bonds is 3. The molecule has 0 saturated carbocycles. The molecule has 4 heteroatoms. The Bertz CT molecular complexity index is 459. The molecule has 1 aliphatic rings. The second kappa shape index (κ2) is 6.06. The van der Waals surface area contributed by atoms with Crippen molar-refractivity contribution in [2.75, 3.05) is 26.7 Å². The number of hydrogen-bond acceptors (Lipinski definition) is 3. The highest BCUT2D eigenvalue weighted by atomic mass is 16.5. The van der Waals surface area contributed by atoms with Crippen LogP contribution in [-0.2, 0) is 0 Å². The molecule has 0 bridgehead atoms. The molecule has 1 amide bonds. The van der Waals surface area contributed by atoms with E-state index in [1.807, 2.05) is 30.0 Å². The Kier molecular flexibility index (Phi) is 4.43. The van der Waals surface area contributed by atoms with E-state index in [9.17, 15) is 4.79 Å². The van der Waals surface area contributed by atoms with E-state index in [2.05, 4.69) is 0 Å². The largest absolute Gasteiger partial charge is 0.496 e. The van der Waals surface area contributed by atoms with Crippen LogP contribution in [-0.4, -0.2) is 37.6 Å². The predicted octanol–water partition coefficient (Wildman–Crippen LogP) is 1.81. The fraction of sp³-hybridized carbons (Fsp3) is 0.533. The Morgan fingerprint density at radius 3 is 3.00 bits per heavy atom. The van der Waals surface area contributed by atoms with Gasteiger partial charge in [0.2, 0.25) is 0 Å². The van der Waals surface area contributed by atoms with Crippen molar-refractivity contribution >= 4 is 5.91 Å². The van der Waals surface area contributed by atoms with E-state index in [1.165, 1.54) is 0 Å². The number of nitrogens with two attached hydrogens (primary N) is 1. The maximum Gasteiger partial charge on any atom is 0.257 e. The smallest absolute Gasteiger partial charge is 0.257 e. The number of methoxy groups -OCH3 is 1. The van der Waals surface area contributed by atoms with Gasteiger partial charge in [-0.05, 0) is 44.4 Å². The minimum Gasteiger partial charge on any atom is -0.496 e. The van der Waals surface area contributed by atoms with Crippen LogP contribution in [0.15, 0.2) is 18.2 Å². The first-order chi connectivity index (χ1) is 9.15. The van der Waals surface area contributed by atoms with Gasteiger partial charge in [-0.1, -0.05) is 11.6 Å². The van der Waals surface area contributed by atoms with Crippen LogP contribution in [0.4, 0.5) is 0 Å². The first-order valence-corrected chi connectivity index (χ1v) is 6.79. The van der Waals surface area contributed by atoms with Crippen LogP contribution in [0.1, 0.15) is 28.8 Å². The SMILES string of the molecule is COc1ccc(C)cc1C(=O)N1CCCC(CN)C1. The summed E-state index contributed by atoms with van der Waals surface area (Å²) in [6, 6.07) is 5.70. The number of benzene rings is 1. The lowest BCUT2D eigenvalue weighted by Crippen LogP contribution is -2.42. The Morgan fingerprint density at radius 2 is 2.32 bits per heavy atom. The normalized spacial score (nSPS) is 19.3. The quantitative estimate of drug-likeness (QED) is 0.904. The van der Waals surface area contributed by atoms with Crippen molar-refractivity contribution in [3.05, 3.63) is 29.3 Å². The summed E-state index contributed by atoms with van der Waals surface area (Å²) in [6.07, 6.45) is 2.15. The topological polar surface area (TPSA) is 55.6 Å². The number of likely N-dealkylation sites (tertiary alicyclic amines) is 1. The molecule has 1 fully saturated rings. The van der Waals surface area contributed by atoms with Crippen molar-refractivity contribution in [1.82, 2.24) is 4.90 Å². The standard InChI is InChI=1S/C15H22N2O2/c1-11-5-6-14(19-2)13(8-11)15(18)17-7-3-4-12(9-16)10-17/h5-6,8,12H,3-4,7,9-10,16H2,1-2H3. The highest BCUT2D eigenvalue weighted by molar-refractivity contribution is 5.97. The molecule has 104 valence electrons. The molecule has 2 N–H and O–H groups in total. The average Bonchev–Trinajstić information content (AvgIpc) is 2.46. The van der Waals surface area contributed by atoms with Crippen LogP contribution in [0.5, 0.6) is 5.75 Å². The van der Waals surface area contributed by atoms with Crippen LogP contribution >= 0.6 is 0 Å². The van der Waals surface area contributed by atoms with Crippen LogP contribution in [0.2, 0.25) is 0 Å². The van der Waals surface area contributed by atoms with E-state index < -0.39 is 0 Å². The van der Waals surface area contributed by atoms with Crippen molar-refractivity contribution in [2.24, 2.45) is 11.7 Å². The molecule has 4 nitrogen and oxygen atoms in total. The lowest BCUT2D eigenvalue weighted by molar-refractivity contribution is 0.0674. The summed E-state index contributed by atoms with van der Waals surface area (Å²) in [5.74, 6) is 1.12. The van der Waals surface area contributed by atoms with E-state index in [4.69, 9.17) is 10.5 Å². The number of piperidine rings is 1. The summed E-state index contributed by atoms with van der Waals surface area (Å²) >= 11 is 0. The summed E-state index contributed by atoms with van der Waals surface area (Å²) in [4.78, 5) is 14.5. The predicted molar refractivity (Wildman–Crippen MR) is 75.4 cm³/mol. The maximum absolute atomic E-state index is 12.6. The van der Waals surface area contributed by atoms with E-state index in [1.54, 1.807) is 7.11 Å². The minimum atomic E-state index is 0.0544. The molecule has 0 radical (unpaired) electrons. The second-order valence-electron chi connectivity index (χ2n) is 5.20. The molecule has 19 heavy (non-hydrogen) atoms. The maximum atomic E-state index is 12.6. The first kappa shape index (κ1) is 13.9. The molecular weight excluding hydrogens is 240 g/mol. The summed E-state index contributed by atoms with van der Waals surface area (Å²) in [6.45, 7) is 4.20. The van der Waals surface area contributed by atoms with Crippen LogP contribution < -0.4 is 10.5 Å². The molecular formula is C15H22N2O2. The van der Waals surface area contributed by atoms with Gasteiger partial charge in [-0.2, -0.15) is 0 Å². The minimum absolute atomic E-state index is 0.0544. The molecule has 1 unspecified atom stereocenters. The third-order valence-corrected chi connectivity index (χ3v) is 3.72. The van der Waals surface area contributed by atoms with Gasteiger partial charge in [0.05, 0.1) is 12.7 Å². The lowest BCUT2D eigenvalue weighted by atomic mass is 9.97. The molecule has 1 aliphatic heterocycles. The fourth-order valence-corrected chi connectivity index (χ4v) is 2.60. The summed E-state index contributed by atoms with van der Waals surface area (Å²) in [5, 5.41) is 0. The Morgan fingerprint density at radius 1 is 1.53 bits per heavy atom. The van der Waals surface area contributed by atoms with Gasteiger partial charge in [-0.25, -0.2) is 0 Å². The van der Waals surface area contributed by atoms with Gasteiger partial charge in [-0.15, -0.1) is 0 Å². The molecule has 1 atom stereocenters.